The summed E-state index contributed by atoms with van der Waals surface area (Å²) in [5.41, 5.74) is 8.26. The number of hydrogen-bond donors (Lipinski definition) is 1. The number of rotatable bonds is 4. The molecule has 102 valence electrons. The first-order chi connectivity index (χ1) is 8.44. The Labute approximate surface area is 131 Å². The lowest BCUT2D eigenvalue weighted by Crippen LogP contribution is -2.33. The van der Waals surface area contributed by atoms with Gasteiger partial charge in [-0.25, -0.2) is 0 Å². The maximum absolute atomic E-state index is 6.65. The van der Waals surface area contributed by atoms with E-state index in [1.165, 1.54) is 41.5 Å². The summed E-state index contributed by atoms with van der Waals surface area (Å²) in [5, 5.41) is 0. The first kappa shape index (κ1) is 15.0. The van der Waals surface area contributed by atoms with E-state index in [0.29, 0.717) is 5.41 Å². The lowest BCUT2D eigenvalue weighted by Gasteiger charge is -2.37. The molecule has 4 heteroatoms. The highest BCUT2D eigenvalue weighted by Crippen LogP contribution is 2.52. The van der Waals surface area contributed by atoms with Crippen LogP contribution >= 0.6 is 43.2 Å². The van der Waals surface area contributed by atoms with Crippen LogP contribution in [0.3, 0.4) is 0 Å². The highest BCUT2D eigenvalue weighted by Gasteiger charge is 2.41. The van der Waals surface area contributed by atoms with Gasteiger partial charge in [-0.2, -0.15) is 0 Å². The molecule has 1 fully saturated rings. The fourth-order valence-corrected chi connectivity index (χ4v) is 6.36. The van der Waals surface area contributed by atoms with E-state index in [1.54, 1.807) is 11.3 Å². The molecule has 0 aromatic carbocycles. The van der Waals surface area contributed by atoms with Crippen LogP contribution in [0.1, 0.15) is 57.6 Å². The Bertz CT molecular complexity index is 408. The number of hydrogen-bond acceptors (Lipinski definition) is 2. The van der Waals surface area contributed by atoms with E-state index in [-0.39, 0.29) is 6.04 Å². The summed E-state index contributed by atoms with van der Waals surface area (Å²) >= 11 is 8.95. The van der Waals surface area contributed by atoms with E-state index in [4.69, 9.17) is 5.73 Å². The van der Waals surface area contributed by atoms with Crippen molar-refractivity contribution >= 4 is 43.2 Å². The van der Waals surface area contributed by atoms with E-state index in [9.17, 15) is 0 Å². The fraction of sp³-hybridized carbons (Fsp3) is 0.714. The minimum Gasteiger partial charge on any atom is -0.323 e. The lowest BCUT2D eigenvalue weighted by atomic mass is 9.71. The Morgan fingerprint density at radius 1 is 1.33 bits per heavy atom. The number of nitrogens with two attached hydrogens (primary N) is 1. The van der Waals surface area contributed by atoms with Gasteiger partial charge in [-0.05, 0) is 74.1 Å². The SMILES string of the molecule is CC(C)CC1(C(N)c2cc(Br)sc2Br)CCCC1. The minimum absolute atomic E-state index is 0.166. The molecule has 1 aliphatic rings. The van der Waals surface area contributed by atoms with E-state index < -0.39 is 0 Å². The van der Waals surface area contributed by atoms with Gasteiger partial charge in [-0.1, -0.05) is 26.7 Å². The van der Waals surface area contributed by atoms with Gasteiger partial charge in [0.1, 0.15) is 0 Å². The van der Waals surface area contributed by atoms with Crippen LogP contribution in [0, 0.1) is 11.3 Å². The molecule has 1 nitrogen and oxygen atoms in total. The number of halogens is 2. The maximum Gasteiger partial charge on any atom is 0.0758 e. The van der Waals surface area contributed by atoms with Crippen LogP contribution < -0.4 is 5.73 Å². The van der Waals surface area contributed by atoms with Gasteiger partial charge in [0.15, 0.2) is 0 Å². The van der Waals surface area contributed by atoms with Gasteiger partial charge in [-0.3, -0.25) is 0 Å². The van der Waals surface area contributed by atoms with E-state index >= 15 is 0 Å². The molecule has 0 radical (unpaired) electrons. The van der Waals surface area contributed by atoms with Crippen molar-refractivity contribution in [2.24, 2.45) is 17.1 Å². The molecule has 1 unspecified atom stereocenters. The highest BCUT2D eigenvalue weighted by molar-refractivity contribution is 9.12. The maximum atomic E-state index is 6.65. The van der Waals surface area contributed by atoms with Crippen molar-refractivity contribution in [3.8, 4) is 0 Å². The first-order valence-electron chi connectivity index (χ1n) is 6.65. The second-order valence-corrected chi connectivity index (χ2v) is 9.67. The van der Waals surface area contributed by atoms with Crippen LogP contribution in [0.4, 0.5) is 0 Å². The van der Waals surface area contributed by atoms with Gasteiger partial charge in [0, 0.05) is 6.04 Å². The van der Waals surface area contributed by atoms with Gasteiger partial charge in [0.05, 0.1) is 7.57 Å². The van der Waals surface area contributed by atoms with Gasteiger partial charge in [0.25, 0.3) is 0 Å². The van der Waals surface area contributed by atoms with Crippen molar-refractivity contribution in [2.75, 3.05) is 0 Å². The normalized spacial score (nSPS) is 20.6. The Hall–Kier alpha value is 0.620. The third-order valence-electron chi connectivity index (χ3n) is 4.09. The summed E-state index contributed by atoms with van der Waals surface area (Å²) in [6.07, 6.45) is 6.49. The van der Waals surface area contributed by atoms with Crippen molar-refractivity contribution in [3.63, 3.8) is 0 Å². The van der Waals surface area contributed by atoms with E-state index in [2.05, 4.69) is 51.8 Å². The summed E-state index contributed by atoms with van der Waals surface area (Å²) < 4.78 is 2.36. The van der Waals surface area contributed by atoms with Crippen LogP contribution in [-0.2, 0) is 0 Å². The number of thiophene rings is 1. The van der Waals surface area contributed by atoms with Crippen molar-refractivity contribution in [1.29, 1.82) is 0 Å². The molecule has 0 amide bonds. The molecule has 2 N–H and O–H groups in total. The second-order valence-electron chi connectivity index (χ2n) is 5.92. The summed E-state index contributed by atoms with van der Waals surface area (Å²) in [6, 6.07) is 2.36. The third-order valence-corrected chi connectivity index (χ3v) is 6.48. The molecule has 1 heterocycles. The lowest BCUT2D eigenvalue weighted by molar-refractivity contribution is 0.183. The molecule has 2 rings (SSSR count). The summed E-state index contributed by atoms with van der Waals surface area (Å²) in [7, 11) is 0. The largest absolute Gasteiger partial charge is 0.323 e. The van der Waals surface area contributed by atoms with Crippen LogP contribution in [0.25, 0.3) is 0 Å². The molecule has 0 spiro atoms. The third kappa shape index (κ3) is 3.02. The molecule has 0 aliphatic heterocycles. The zero-order valence-corrected chi connectivity index (χ0v) is 15.0. The van der Waals surface area contributed by atoms with Crippen LogP contribution in [0.15, 0.2) is 13.6 Å². The Morgan fingerprint density at radius 2 is 1.94 bits per heavy atom. The zero-order valence-electron chi connectivity index (χ0n) is 11.0. The van der Waals surface area contributed by atoms with Gasteiger partial charge >= 0.3 is 0 Å². The fourth-order valence-electron chi connectivity index (χ4n) is 3.43. The van der Waals surface area contributed by atoms with Crippen LogP contribution in [0.5, 0.6) is 0 Å². The molecule has 1 atom stereocenters. The molecule has 1 aromatic rings. The standard InChI is InChI=1S/C14H21Br2NS/c1-9(2)8-14(5-3-4-6-14)12(17)10-7-11(15)18-13(10)16/h7,9,12H,3-6,8,17H2,1-2H3. The van der Waals surface area contributed by atoms with Crippen LogP contribution in [0.2, 0.25) is 0 Å². The molecule has 0 bridgehead atoms. The van der Waals surface area contributed by atoms with Gasteiger partial charge < -0.3 is 5.73 Å². The Balaban J connectivity index is 2.28. The molecule has 1 aliphatic carbocycles. The van der Waals surface area contributed by atoms with Gasteiger partial charge in [0.2, 0.25) is 0 Å². The molecule has 0 saturated heterocycles. The van der Waals surface area contributed by atoms with Crippen molar-refractivity contribution in [1.82, 2.24) is 0 Å². The van der Waals surface area contributed by atoms with Crippen molar-refractivity contribution in [2.45, 2.75) is 52.0 Å². The van der Waals surface area contributed by atoms with Crippen molar-refractivity contribution in [3.05, 3.63) is 19.2 Å². The molecular formula is C14H21Br2NS. The summed E-state index contributed by atoms with van der Waals surface area (Å²) in [6.45, 7) is 4.62. The molecule has 18 heavy (non-hydrogen) atoms. The zero-order chi connectivity index (χ0) is 13.3. The first-order valence-corrected chi connectivity index (χ1v) is 9.05. The van der Waals surface area contributed by atoms with Crippen LogP contribution in [-0.4, -0.2) is 0 Å². The second kappa shape index (κ2) is 5.94. The highest BCUT2D eigenvalue weighted by atomic mass is 79.9. The average molecular weight is 395 g/mol. The summed E-state index contributed by atoms with van der Waals surface area (Å²) in [5.74, 6) is 0.718. The topological polar surface area (TPSA) is 26.0 Å². The van der Waals surface area contributed by atoms with E-state index in [1.807, 2.05) is 0 Å². The predicted molar refractivity (Wildman–Crippen MR) is 87.0 cm³/mol. The van der Waals surface area contributed by atoms with Gasteiger partial charge in [-0.15, -0.1) is 11.3 Å². The summed E-state index contributed by atoms with van der Waals surface area (Å²) in [4.78, 5) is 0. The quantitative estimate of drug-likeness (QED) is 0.677. The monoisotopic (exact) mass is 393 g/mol. The Kier molecular flexibility index (Phi) is 4.96. The average Bonchev–Trinajstić information content (AvgIpc) is 2.84. The Morgan fingerprint density at radius 3 is 2.39 bits per heavy atom. The molecular weight excluding hydrogens is 374 g/mol. The van der Waals surface area contributed by atoms with Crippen molar-refractivity contribution < 1.29 is 0 Å². The molecule has 1 aromatic heterocycles. The predicted octanol–water partition coefficient (Wildman–Crippen LogP) is 5.88. The minimum atomic E-state index is 0.166. The van der Waals surface area contributed by atoms with E-state index in [0.717, 1.165) is 9.70 Å². The smallest absolute Gasteiger partial charge is 0.0758 e. The molecule has 1 saturated carbocycles.